The van der Waals surface area contributed by atoms with Crippen LogP contribution in [0.15, 0.2) is 24.3 Å². The third-order valence-electron chi connectivity index (χ3n) is 2.78. The van der Waals surface area contributed by atoms with Crippen molar-refractivity contribution in [1.82, 2.24) is 9.97 Å². The van der Waals surface area contributed by atoms with Crippen molar-refractivity contribution >= 4 is 35.0 Å². The number of nitrogens with two attached hydrogens (primary N) is 1. The number of anilines is 2. The van der Waals surface area contributed by atoms with E-state index >= 15 is 0 Å². The van der Waals surface area contributed by atoms with Crippen LogP contribution in [0.25, 0.3) is 0 Å². The standard InChI is InChI=1S/C13H15Cl2N5/c1-7-5-12(19-13(17-7)20-16)18-8(2)10-4-3-9(14)6-11(10)15/h3-6,8H,16H2,1-2H3,(H2,17,18,19,20). The molecule has 0 amide bonds. The molecule has 0 aliphatic rings. The van der Waals surface area contributed by atoms with Crippen LogP contribution in [0.1, 0.15) is 24.2 Å². The van der Waals surface area contributed by atoms with Crippen molar-refractivity contribution < 1.29 is 0 Å². The fraction of sp³-hybridized carbons (Fsp3) is 0.231. The van der Waals surface area contributed by atoms with E-state index in [9.17, 15) is 0 Å². The first kappa shape index (κ1) is 14.8. The summed E-state index contributed by atoms with van der Waals surface area (Å²) >= 11 is 12.1. The summed E-state index contributed by atoms with van der Waals surface area (Å²) in [4.78, 5) is 8.37. The Balaban J connectivity index is 2.22. The van der Waals surface area contributed by atoms with Gasteiger partial charge in [0.15, 0.2) is 0 Å². The van der Waals surface area contributed by atoms with Crippen LogP contribution in [0.4, 0.5) is 11.8 Å². The van der Waals surface area contributed by atoms with Crippen LogP contribution in [-0.2, 0) is 0 Å². The molecular formula is C13H15Cl2N5. The number of rotatable bonds is 4. The number of aryl methyl sites for hydroxylation is 1. The third kappa shape index (κ3) is 3.50. The molecule has 0 saturated heterocycles. The van der Waals surface area contributed by atoms with Gasteiger partial charge in [0.25, 0.3) is 0 Å². The average Bonchev–Trinajstić information content (AvgIpc) is 2.37. The van der Waals surface area contributed by atoms with Gasteiger partial charge in [0.1, 0.15) is 5.82 Å². The van der Waals surface area contributed by atoms with Crippen molar-refractivity contribution in [3.8, 4) is 0 Å². The molecule has 0 saturated carbocycles. The SMILES string of the molecule is Cc1cc(NC(C)c2ccc(Cl)cc2Cl)nc(NN)n1. The summed E-state index contributed by atoms with van der Waals surface area (Å²) in [5.74, 6) is 6.36. The highest BCUT2D eigenvalue weighted by molar-refractivity contribution is 6.35. The van der Waals surface area contributed by atoms with Crippen LogP contribution in [0.3, 0.4) is 0 Å². The van der Waals surface area contributed by atoms with Gasteiger partial charge in [-0.05, 0) is 31.5 Å². The van der Waals surface area contributed by atoms with Crippen LogP contribution in [0, 0.1) is 6.92 Å². The maximum atomic E-state index is 6.19. The van der Waals surface area contributed by atoms with E-state index < -0.39 is 0 Å². The average molecular weight is 312 g/mol. The van der Waals surface area contributed by atoms with Crippen molar-refractivity contribution in [3.05, 3.63) is 45.6 Å². The van der Waals surface area contributed by atoms with Gasteiger partial charge >= 0.3 is 0 Å². The van der Waals surface area contributed by atoms with Crippen LogP contribution in [0.5, 0.6) is 0 Å². The van der Waals surface area contributed by atoms with Gasteiger partial charge in [-0.2, -0.15) is 4.98 Å². The molecule has 0 bridgehead atoms. The Hall–Kier alpha value is -1.56. The first-order valence-corrected chi connectivity index (χ1v) is 6.79. The third-order valence-corrected chi connectivity index (χ3v) is 3.34. The van der Waals surface area contributed by atoms with E-state index in [1.54, 1.807) is 12.1 Å². The summed E-state index contributed by atoms with van der Waals surface area (Å²) in [6.07, 6.45) is 0. The highest BCUT2D eigenvalue weighted by Crippen LogP contribution is 2.28. The summed E-state index contributed by atoms with van der Waals surface area (Å²) in [6, 6.07) is 7.22. The summed E-state index contributed by atoms with van der Waals surface area (Å²) in [5.41, 5.74) is 4.18. The maximum absolute atomic E-state index is 6.19. The first-order valence-electron chi connectivity index (χ1n) is 6.03. The molecule has 1 aromatic carbocycles. The predicted molar refractivity (Wildman–Crippen MR) is 83.1 cm³/mol. The Kier molecular flexibility index (Phi) is 4.65. The molecule has 2 rings (SSSR count). The molecule has 5 nitrogen and oxygen atoms in total. The molecule has 7 heteroatoms. The summed E-state index contributed by atoms with van der Waals surface area (Å²) in [7, 11) is 0. The largest absolute Gasteiger partial charge is 0.363 e. The molecule has 1 unspecified atom stereocenters. The van der Waals surface area contributed by atoms with E-state index in [1.165, 1.54) is 0 Å². The van der Waals surface area contributed by atoms with Gasteiger partial charge in [-0.25, -0.2) is 10.8 Å². The van der Waals surface area contributed by atoms with Crippen molar-refractivity contribution in [1.29, 1.82) is 0 Å². The number of hydrogen-bond donors (Lipinski definition) is 3. The van der Waals surface area contributed by atoms with Crippen molar-refractivity contribution in [2.75, 3.05) is 10.7 Å². The Morgan fingerprint density at radius 1 is 1.20 bits per heavy atom. The van der Waals surface area contributed by atoms with Crippen molar-refractivity contribution in [2.45, 2.75) is 19.9 Å². The minimum Gasteiger partial charge on any atom is -0.363 e. The highest BCUT2D eigenvalue weighted by Gasteiger charge is 2.11. The fourth-order valence-electron chi connectivity index (χ4n) is 1.86. The maximum Gasteiger partial charge on any atom is 0.239 e. The smallest absolute Gasteiger partial charge is 0.239 e. The molecule has 0 spiro atoms. The minimum absolute atomic E-state index is 0.0281. The number of aromatic nitrogens is 2. The topological polar surface area (TPSA) is 75.9 Å². The number of nitrogen functional groups attached to an aromatic ring is 1. The summed E-state index contributed by atoms with van der Waals surface area (Å²) in [5, 5.41) is 4.48. The molecule has 1 aromatic heterocycles. The quantitative estimate of drug-likeness (QED) is 0.594. The molecule has 0 radical (unpaired) electrons. The second-order valence-electron chi connectivity index (χ2n) is 4.39. The lowest BCUT2D eigenvalue weighted by molar-refractivity contribution is 0.870. The predicted octanol–water partition coefficient (Wildman–Crippen LogP) is 3.55. The number of hydrazine groups is 1. The molecule has 4 N–H and O–H groups in total. The number of nitrogens with one attached hydrogen (secondary N) is 2. The Morgan fingerprint density at radius 3 is 2.60 bits per heavy atom. The van der Waals surface area contributed by atoms with Crippen molar-refractivity contribution in [3.63, 3.8) is 0 Å². The number of hydrogen-bond acceptors (Lipinski definition) is 5. The number of benzene rings is 1. The van der Waals surface area contributed by atoms with Gasteiger partial charge in [0.05, 0.1) is 6.04 Å². The molecule has 2 aromatic rings. The first-order chi connectivity index (χ1) is 9.49. The van der Waals surface area contributed by atoms with Crippen LogP contribution in [-0.4, -0.2) is 9.97 Å². The summed E-state index contributed by atoms with van der Waals surface area (Å²) < 4.78 is 0. The van der Waals surface area contributed by atoms with Gasteiger partial charge in [0, 0.05) is 21.8 Å². The second-order valence-corrected chi connectivity index (χ2v) is 5.24. The van der Waals surface area contributed by atoms with E-state index in [0.29, 0.717) is 21.8 Å². The molecule has 0 fully saturated rings. The van der Waals surface area contributed by atoms with Crippen molar-refractivity contribution in [2.24, 2.45) is 5.84 Å². The van der Waals surface area contributed by atoms with Gasteiger partial charge in [-0.15, -0.1) is 0 Å². The zero-order valence-electron chi connectivity index (χ0n) is 11.1. The molecular weight excluding hydrogens is 297 g/mol. The molecule has 0 aliphatic carbocycles. The van der Waals surface area contributed by atoms with Gasteiger partial charge in [-0.1, -0.05) is 29.3 Å². The Bertz CT molecular complexity index is 618. The van der Waals surface area contributed by atoms with Crippen LogP contribution < -0.4 is 16.6 Å². The highest BCUT2D eigenvalue weighted by atomic mass is 35.5. The molecule has 1 atom stereocenters. The van der Waals surface area contributed by atoms with Gasteiger partial charge < -0.3 is 5.32 Å². The molecule has 106 valence electrons. The van der Waals surface area contributed by atoms with E-state index in [4.69, 9.17) is 29.0 Å². The lowest BCUT2D eigenvalue weighted by atomic mass is 10.1. The normalized spacial score (nSPS) is 12.1. The van der Waals surface area contributed by atoms with E-state index in [0.717, 1.165) is 11.3 Å². The minimum atomic E-state index is -0.0281. The Labute approximate surface area is 127 Å². The van der Waals surface area contributed by atoms with Gasteiger partial charge in [0.2, 0.25) is 5.95 Å². The lowest BCUT2D eigenvalue weighted by Gasteiger charge is -2.17. The monoisotopic (exact) mass is 311 g/mol. The van der Waals surface area contributed by atoms with Crippen LogP contribution >= 0.6 is 23.2 Å². The fourth-order valence-corrected chi connectivity index (χ4v) is 2.43. The molecule has 1 heterocycles. The Morgan fingerprint density at radius 2 is 1.95 bits per heavy atom. The zero-order valence-corrected chi connectivity index (χ0v) is 12.6. The molecule has 0 aliphatic heterocycles. The second kappa shape index (κ2) is 6.26. The van der Waals surface area contributed by atoms with Crippen LogP contribution in [0.2, 0.25) is 10.0 Å². The van der Waals surface area contributed by atoms with E-state index in [2.05, 4.69) is 20.7 Å². The zero-order chi connectivity index (χ0) is 14.7. The van der Waals surface area contributed by atoms with Gasteiger partial charge in [-0.3, -0.25) is 5.43 Å². The molecule has 20 heavy (non-hydrogen) atoms. The van der Waals surface area contributed by atoms with E-state index in [1.807, 2.05) is 26.0 Å². The van der Waals surface area contributed by atoms with E-state index in [-0.39, 0.29) is 6.04 Å². The lowest BCUT2D eigenvalue weighted by Crippen LogP contribution is -2.14. The summed E-state index contributed by atoms with van der Waals surface area (Å²) in [6.45, 7) is 3.86. The number of halogens is 2. The number of nitrogens with zero attached hydrogens (tertiary/aromatic N) is 2.